The Kier molecular flexibility index (Phi) is 5.18. The third-order valence-electron chi connectivity index (χ3n) is 4.97. The summed E-state index contributed by atoms with van der Waals surface area (Å²) >= 11 is 1.81. The number of likely N-dealkylation sites (tertiary alicyclic amines) is 1. The molecule has 1 atom stereocenters. The Bertz CT molecular complexity index is 760. The van der Waals surface area contributed by atoms with Gasteiger partial charge in [-0.15, -0.1) is 16.4 Å². The van der Waals surface area contributed by atoms with Crippen molar-refractivity contribution >= 4 is 11.3 Å². The molecular weight excluding hydrogens is 330 g/mol. The first-order chi connectivity index (χ1) is 12.4. The average Bonchev–Trinajstić information content (AvgIpc) is 3.25. The standard InChI is InChI=1S/C19H23N5S/c1-2-7-13-23(12-6-1)18(17-11-8-14-25-17)19-20-21-22-24(19)15-16-9-4-3-5-10-16/h3-5,8-11,14,18H,1-2,6-7,12-13,15H2/p+1/t18-/m0/s1. The minimum atomic E-state index is 0.233. The zero-order valence-electron chi connectivity index (χ0n) is 14.3. The topological polar surface area (TPSA) is 48.0 Å². The Hall–Kier alpha value is -2.05. The lowest BCUT2D eigenvalue weighted by atomic mass is 10.1. The van der Waals surface area contributed by atoms with Gasteiger partial charge in [-0.05, 0) is 53.1 Å². The molecule has 1 saturated heterocycles. The Morgan fingerprint density at radius 3 is 2.52 bits per heavy atom. The van der Waals surface area contributed by atoms with Crippen LogP contribution in [0.3, 0.4) is 0 Å². The average molecular weight is 355 g/mol. The first-order valence-corrected chi connectivity index (χ1v) is 9.98. The molecule has 0 saturated carbocycles. The van der Waals surface area contributed by atoms with Gasteiger partial charge in [-0.1, -0.05) is 36.4 Å². The van der Waals surface area contributed by atoms with Gasteiger partial charge in [0, 0.05) is 0 Å². The molecule has 1 N–H and O–H groups in total. The summed E-state index contributed by atoms with van der Waals surface area (Å²) in [6, 6.07) is 15.0. The molecule has 25 heavy (non-hydrogen) atoms. The van der Waals surface area contributed by atoms with Gasteiger partial charge in [0.15, 0.2) is 6.04 Å². The highest BCUT2D eigenvalue weighted by Gasteiger charge is 2.32. The first kappa shape index (κ1) is 16.4. The number of thiophene rings is 1. The summed E-state index contributed by atoms with van der Waals surface area (Å²) in [6.07, 6.45) is 5.26. The second-order valence-corrected chi connectivity index (χ2v) is 7.68. The van der Waals surface area contributed by atoms with Gasteiger partial charge >= 0.3 is 0 Å². The molecule has 0 unspecified atom stereocenters. The number of benzene rings is 1. The summed E-state index contributed by atoms with van der Waals surface area (Å²) in [5, 5.41) is 14.9. The molecule has 0 spiro atoms. The van der Waals surface area contributed by atoms with E-state index in [4.69, 9.17) is 0 Å². The summed E-state index contributed by atoms with van der Waals surface area (Å²) in [4.78, 5) is 2.96. The van der Waals surface area contributed by atoms with Crippen molar-refractivity contribution in [2.45, 2.75) is 38.3 Å². The highest BCUT2D eigenvalue weighted by atomic mass is 32.1. The minimum absolute atomic E-state index is 0.233. The van der Waals surface area contributed by atoms with Crippen molar-refractivity contribution in [3.8, 4) is 0 Å². The Morgan fingerprint density at radius 2 is 1.80 bits per heavy atom. The third-order valence-corrected chi connectivity index (χ3v) is 5.91. The number of quaternary nitrogens is 1. The second kappa shape index (κ2) is 7.89. The fraction of sp³-hybridized carbons (Fsp3) is 0.421. The molecule has 0 bridgehead atoms. The van der Waals surface area contributed by atoms with E-state index in [1.807, 2.05) is 22.1 Å². The van der Waals surface area contributed by atoms with Crippen LogP contribution >= 0.6 is 11.3 Å². The molecule has 2 aromatic heterocycles. The SMILES string of the molecule is c1ccc(Cn2nnnc2[C@H](c2cccs2)[NH+]2CCCCCC2)cc1. The van der Waals surface area contributed by atoms with Gasteiger partial charge in [0.25, 0.3) is 0 Å². The molecule has 4 rings (SSSR count). The molecule has 0 radical (unpaired) electrons. The molecule has 1 aliphatic rings. The highest BCUT2D eigenvalue weighted by Crippen LogP contribution is 2.23. The van der Waals surface area contributed by atoms with E-state index in [1.54, 1.807) is 4.90 Å². The maximum atomic E-state index is 4.46. The Labute approximate surface area is 152 Å². The van der Waals surface area contributed by atoms with Crippen LogP contribution in [0.1, 0.15) is 48.0 Å². The van der Waals surface area contributed by atoms with E-state index in [9.17, 15) is 0 Å². The van der Waals surface area contributed by atoms with Gasteiger partial charge in [0.2, 0.25) is 5.82 Å². The molecule has 0 amide bonds. The molecule has 1 fully saturated rings. The molecule has 130 valence electrons. The van der Waals surface area contributed by atoms with Crippen LogP contribution in [0.5, 0.6) is 0 Å². The number of nitrogens with zero attached hydrogens (tertiary/aromatic N) is 4. The van der Waals surface area contributed by atoms with E-state index >= 15 is 0 Å². The third kappa shape index (κ3) is 3.80. The van der Waals surface area contributed by atoms with Gasteiger partial charge in [-0.3, -0.25) is 0 Å². The summed E-state index contributed by atoms with van der Waals surface area (Å²) in [5.41, 5.74) is 1.23. The van der Waals surface area contributed by atoms with Gasteiger partial charge in [0.1, 0.15) is 0 Å². The first-order valence-electron chi connectivity index (χ1n) is 9.10. The minimum Gasteiger partial charge on any atom is -0.322 e. The van der Waals surface area contributed by atoms with Gasteiger partial charge in [-0.2, -0.15) is 0 Å². The number of hydrogen-bond donors (Lipinski definition) is 1. The van der Waals surface area contributed by atoms with Crippen molar-refractivity contribution < 1.29 is 4.90 Å². The maximum Gasteiger partial charge on any atom is 0.215 e. The van der Waals surface area contributed by atoms with E-state index in [0.717, 1.165) is 12.4 Å². The molecule has 1 aliphatic heterocycles. The Balaban J connectivity index is 1.67. The van der Waals surface area contributed by atoms with E-state index in [0.29, 0.717) is 0 Å². The van der Waals surface area contributed by atoms with E-state index in [1.165, 1.54) is 49.2 Å². The monoisotopic (exact) mass is 354 g/mol. The summed E-state index contributed by atoms with van der Waals surface area (Å²) in [7, 11) is 0. The number of rotatable bonds is 5. The van der Waals surface area contributed by atoms with Gasteiger partial charge < -0.3 is 4.90 Å². The quantitative estimate of drug-likeness (QED) is 0.765. The Morgan fingerprint density at radius 1 is 1.00 bits per heavy atom. The van der Waals surface area contributed by atoms with E-state index < -0.39 is 0 Å². The van der Waals surface area contributed by atoms with Crippen molar-refractivity contribution in [1.82, 2.24) is 20.2 Å². The predicted octanol–water partition coefficient (Wildman–Crippen LogP) is 2.33. The zero-order chi connectivity index (χ0) is 16.9. The molecular formula is C19H24N5S+. The molecule has 1 aromatic carbocycles. The molecule has 3 aromatic rings. The maximum absolute atomic E-state index is 4.46. The van der Waals surface area contributed by atoms with Gasteiger partial charge in [-0.25, -0.2) is 4.68 Å². The fourth-order valence-corrected chi connectivity index (χ4v) is 4.60. The second-order valence-electron chi connectivity index (χ2n) is 6.70. The van der Waals surface area contributed by atoms with Crippen molar-refractivity contribution in [3.05, 3.63) is 64.1 Å². The van der Waals surface area contributed by atoms with Crippen LogP contribution in [0.15, 0.2) is 47.8 Å². The van der Waals surface area contributed by atoms with Crippen LogP contribution in [0.2, 0.25) is 0 Å². The lowest BCUT2D eigenvalue weighted by Gasteiger charge is -2.26. The number of aromatic nitrogens is 4. The number of nitrogens with one attached hydrogen (secondary N) is 1. The van der Waals surface area contributed by atoms with Crippen LogP contribution in [0, 0.1) is 0 Å². The van der Waals surface area contributed by atoms with Crippen LogP contribution in [0.4, 0.5) is 0 Å². The molecule has 5 nitrogen and oxygen atoms in total. The summed E-state index contributed by atoms with van der Waals surface area (Å²) in [6.45, 7) is 3.11. The highest BCUT2D eigenvalue weighted by molar-refractivity contribution is 7.10. The zero-order valence-corrected chi connectivity index (χ0v) is 15.2. The predicted molar refractivity (Wildman–Crippen MR) is 98.7 cm³/mol. The molecule has 0 aliphatic carbocycles. The van der Waals surface area contributed by atoms with Crippen molar-refractivity contribution in [2.75, 3.05) is 13.1 Å². The normalized spacial score (nSPS) is 17.3. The van der Waals surface area contributed by atoms with Crippen LogP contribution < -0.4 is 4.90 Å². The van der Waals surface area contributed by atoms with Crippen molar-refractivity contribution in [3.63, 3.8) is 0 Å². The summed E-state index contributed by atoms with van der Waals surface area (Å²) < 4.78 is 1.98. The van der Waals surface area contributed by atoms with Crippen LogP contribution in [-0.4, -0.2) is 33.3 Å². The number of tetrazole rings is 1. The lowest BCUT2D eigenvalue weighted by Crippen LogP contribution is -3.12. The van der Waals surface area contributed by atoms with E-state index in [-0.39, 0.29) is 6.04 Å². The summed E-state index contributed by atoms with van der Waals surface area (Å²) in [5.74, 6) is 0.989. The smallest absolute Gasteiger partial charge is 0.215 e. The van der Waals surface area contributed by atoms with E-state index in [2.05, 4.69) is 57.3 Å². The molecule has 6 heteroatoms. The van der Waals surface area contributed by atoms with Crippen LogP contribution in [0.25, 0.3) is 0 Å². The van der Waals surface area contributed by atoms with Crippen molar-refractivity contribution in [1.29, 1.82) is 0 Å². The van der Waals surface area contributed by atoms with Gasteiger partial charge in [0.05, 0.1) is 24.5 Å². The number of hydrogen-bond acceptors (Lipinski definition) is 4. The lowest BCUT2D eigenvalue weighted by molar-refractivity contribution is -0.925. The van der Waals surface area contributed by atoms with Crippen molar-refractivity contribution in [2.24, 2.45) is 0 Å². The van der Waals surface area contributed by atoms with Crippen LogP contribution in [-0.2, 0) is 6.54 Å². The fourth-order valence-electron chi connectivity index (χ4n) is 3.73. The largest absolute Gasteiger partial charge is 0.322 e. The molecule has 3 heterocycles.